The molecule has 1 saturated heterocycles. The van der Waals surface area contributed by atoms with Gasteiger partial charge in [0.25, 0.3) is 5.91 Å². The third-order valence-electron chi connectivity index (χ3n) is 4.57. The van der Waals surface area contributed by atoms with Gasteiger partial charge in [0.2, 0.25) is 10.0 Å². The zero-order valence-electron chi connectivity index (χ0n) is 14.7. The zero-order valence-corrected chi connectivity index (χ0v) is 18.0. The van der Waals surface area contributed by atoms with Crippen molar-refractivity contribution in [2.75, 3.05) is 26.2 Å². The van der Waals surface area contributed by atoms with Crippen LogP contribution in [0.15, 0.2) is 39.7 Å². The third-order valence-corrected chi connectivity index (χ3v) is 8.04. The number of piperazine rings is 1. The minimum atomic E-state index is -3.54. The van der Waals surface area contributed by atoms with Crippen LogP contribution in [-0.2, 0) is 16.4 Å². The molecule has 1 aromatic carbocycles. The molecule has 0 spiro atoms. The van der Waals surface area contributed by atoms with E-state index in [2.05, 4.69) is 22.9 Å². The second-order valence-corrected chi connectivity index (χ2v) is 10.3. The van der Waals surface area contributed by atoms with Crippen molar-refractivity contribution in [3.8, 4) is 0 Å². The van der Waals surface area contributed by atoms with E-state index >= 15 is 0 Å². The summed E-state index contributed by atoms with van der Waals surface area (Å²) in [4.78, 5) is 16.6. The molecule has 0 radical (unpaired) electrons. The molecule has 0 N–H and O–H groups in total. The summed E-state index contributed by atoms with van der Waals surface area (Å²) in [6, 6.07) is 8.67. The van der Waals surface area contributed by atoms with Crippen LogP contribution in [-0.4, -0.2) is 49.7 Å². The van der Waals surface area contributed by atoms with Crippen LogP contribution in [0.5, 0.6) is 0 Å². The molecule has 0 aliphatic carbocycles. The summed E-state index contributed by atoms with van der Waals surface area (Å²) in [5.41, 5.74) is 1.20. The van der Waals surface area contributed by atoms with Gasteiger partial charge in [0.15, 0.2) is 0 Å². The SMILES string of the molecule is CCc1cc(C(=O)N2CCN(S(=O)(=O)c3cccc(Br)c3)CC2)sc1C. The maximum absolute atomic E-state index is 12.8. The van der Waals surface area contributed by atoms with Crippen LogP contribution in [0.1, 0.15) is 27.0 Å². The number of carbonyl (C=O) groups excluding carboxylic acids is 1. The van der Waals surface area contributed by atoms with Crippen molar-refractivity contribution in [1.82, 2.24) is 9.21 Å². The standard InChI is InChI=1S/C18H21BrN2O3S2/c1-3-14-11-17(25-13(14)2)18(22)20-7-9-21(10-8-20)26(23,24)16-6-4-5-15(19)12-16/h4-6,11-12H,3,7-10H2,1-2H3. The van der Waals surface area contributed by atoms with Crippen LogP contribution in [0.3, 0.4) is 0 Å². The Labute approximate surface area is 166 Å². The second kappa shape index (κ2) is 7.80. The molecule has 1 aliphatic heterocycles. The van der Waals surface area contributed by atoms with E-state index in [4.69, 9.17) is 0 Å². The van der Waals surface area contributed by atoms with Crippen molar-refractivity contribution < 1.29 is 13.2 Å². The molecule has 140 valence electrons. The molecule has 0 saturated carbocycles. The Morgan fingerprint density at radius 2 is 1.88 bits per heavy atom. The Kier molecular flexibility index (Phi) is 5.86. The summed E-state index contributed by atoms with van der Waals surface area (Å²) in [5.74, 6) is -0.00250. The number of hydrogen-bond donors (Lipinski definition) is 0. The summed E-state index contributed by atoms with van der Waals surface area (Å²) < 4.78 is 27.7. The molecule has 0 unspecified atom stereocenters. The predicted octanol–water partition coefficient (Wildman–Crippen LogP) is 3.53. The average molecular weight is 457 g/mol. The van der Waals surface area contributed by atoms with Crippen molar-refractivity contribution >= 4 is 43.2 Å². The normalized spacial score (nSPS) is 16.0. The first-order valence-corrected chi connectivity index (χ1v) is 11.5. The van der Waals surface area contributed by atoms with Gasteiger partial charge in [-0.1, -0.05) is 28.9 Å². The first-order valence-electron chi connectivity index (χ1n) is 8.47. The lowest BCUT2D eigenvalue weighted by molar-refractivity contribution is 0.0702. The van der Waals surface area contributed by atoms with Crippen LogP contribution in [0.25, 0.3) is 0 Å². The Morgan fingerprint density at radius 3 is 2.46 bits per heavy atom. The van der Waals surface area contributed by atoms with E-state index in [0.29, 0.717) is 26.2 Å². The summed E-state index contributed by atoms with van der Waals surface area (Å²) in [6.07, 6.45) is 0.911. The summed E-state index contributed by atoms with van der Waals surface area (Å²) in [5, 5.41) is 0. The topological polar surface area (TPSA) is 57.7 Å². The van der Waals surface area contributed by atoms with Gasteiger partial charge in [-0.05, 0) is 43.2 Å². The van der Waals surface area contributed by atoms with Crippen LogP contribution in [0, 0.1) is 6.92 Å². The number of thiophene rings is 1. The molecule has 0 bridgehead atoms. The number of sulfonamides is 1. The summed E-state index contributed by atoms with van der Waals surface area (Å²) in [7, 11) is -3.54. The summed E-state index contributed by atoms with van der Waals surface area (Å²) >= 11 is 4.83. The molecule has 1 fully saturated rings. The maximum atomic E-state index is 12.8. The first-order chi connectivity index (χ1) is 12.3. The summed E-state index contributed by atoms with van der Waals surface area (Å²) in [6.45, 7) is 5.55. The average Bonchev–Trinajstić information content (AvgIpc) is 3.02. The largest absolute Gasteiger partial charge is 0.335 e. The fourth-order valence-electron chi connectivity index (χ4n) is 3.04. The second-order valence-electron chi connectivity index (χ2n) is 6.20. The molecule has 1 aliphatic rings. The van der Waals surface area contributed by atoms with E-state index in [1.807, 2.05) is 13.0 Å². The van der Waals surface area contributed by atoms with Gasteiger partial charge in [-0.15, -0.1) is 11.3 Å². The van der Waals surface area contributed by atoms with Gasteiger partial charge in [-0.3, -0.25) is 4.79 Å². The van der Waals surface area contributed by atoms with E-state index in [9.17, 15) is 13.2 Å². The fourth-order valence-corrected chi connectivity index (χ4v) is 6.14. The highest BCUT2D eigenvalue weighted by atomic mass is 79.9. The molecule has 1 amide bonds. The molecule has 3 rings (SSSR count). The lowest BCUT2D eigenvalue weighted by atomic mass is 10.2. The zero-order chi connectivity index (χ0) is 18.9. The molecule has 0 atom stereocenters. The maximum Gasteiger partial charge on any atom is 0.264 e. The number of halogens is 1. The highest BCUT2D eigenvalue weighted by molar-refractivity contribution is 9.10. The lowest BCUT2D eigenvalue weighted by Gasteiger charge is -2.33. The van der Waals surface area contributed by atoms with Gasteiger partial charge in [0.05, 0.1) is 9.77 Å². The lowest BCUT2D eigenvalue weighted by Crippen LogP contribution is -2.50. The van der Waals surface area contributed by atoms with Crippen LogP contribution < -0.4 is 0 Å². The monoisotopic (exact) mass is 456 g/mol. The van der Waals surface area contributed by atoms with Gasteiger partial charge >= 0.3 is 0 Å². The molecule has 2 aromatic rings. The number of aryl methyl sites for hydroxylation is 2. The van der Waals surface area contributed by atoms with E-state index in [-0.39, 0.29) is 10.8 Å². The van der Waals surface area contributed by atoms with Crippen molar-refractivity contribution in [3.63, 3.8) is 0 Å². The third kappa shape index (κ3) is 3.88. The van der Waals surface area contributed by atoms with Gasteiger partial charge in [-0.25, -0.2) is 8.42 Å². The predicted molar refractivity (Wildman–Crippen MR) is 107 cm³/mol. The first kappa shape index (κ1) is 19.5. The van der Waals surface area contributed by atoms with E-state index in [1.54, 1.807) is 29.2 Å². The smallest absolute Gasteiger partial charge is 0.264 e. The van der Waals surface area contributed by atoms with Gasteiger partial charge in [0.1, 0.15) is 0 Å². The minimum Gasteiger partial charge on any atom is -0.335 e. The highest BCUT2D eigenvalue weighted by Crippen LogP contribution is 2.25. The Bertz CT molecular complexity index is 916. The molecule has 26 heavy (non-hydrogen) atoms. The van der Waals surface area contributed by atoms with E-state index < -0.39 is 10.0 Å². The molecular weight excluding hydrogens is 436 g/mol. The number of benzene rings is 1. The van der Waals surface area contributed by atoms with Crippen LogP contribution >= 0.6 is 27.3 Å². The quantitative estimate of drug-likeness (QED) is 0.706. The van der Waals surface area contributed by atoms with E-state index in [1.165, 1.54) is 26.1 Å². The van der Waals surface area contributed by atoms with Crippen molar-refractivity contribution in [2.24, 2.45) is 0 Å². The number of carbonyl (C=O) groups is 1. The van der Waals surface area contributed by atoms with Crippen LogP contribution in [0.2, 0.25) is 0 Å². The fraction of sp³-hybridized carbons (Fsp3) is 0.389. The number of hydrogen-bond acceptors (Lipinski definition) is 4. The van der Waals surface area contributed by atoms with Gasteiger partial charge in [0, 0.05) is 35.5 Å². The van der Waals surface area contributed by atoms with E-state index in [0.717, 1.165) is 15.8 Å². The number of rotatable bonds is 4. The molecule has 8 heteroatoms. The van der Waals surface area contributed by atoms with Crippen molar-refractivity contribution in [1.29, 1.82) is 0 Å². The molecule has 1 aromatic heterocycles. The Hall–Kier alpha value is -1.22. The Balaban J connectivity index is 1.69. The van der Waals surface area contributed by atoms with Gasteiger partial charge in [-0.2, -0.15) is 4.31 Å². The minimum absolute atomic E-state index is 0.00250. The molecule has 2 heterocycles. The number of nitrogens with zero attached hydrogens (tertiary/aromatic N) is 2. The van der Waals surface area contributed by atoms with Gasteiger partial charge < -0.3 is 4.90 Å². The van der Waals surface area contributed by atoms with Crippen molar-refractivity contribution in [2.45, 2.75) is 25.2 Å². The Morgan fingerprint density at radius 1 is 1.19 bits per heavy atom. The number of amides is 1. The van der Waals surface area contributed by atoms with Crippen molar-refractivity contribution in [3.05, 3.63) is 50.1 Å². The highest BCUT2D eigenvalue weighted by Gasteiger charge is 2.31. The van der Waals surface area contributed by atoms with Crippen LogP contribution in [0.4, 0.5) is 0 Å². The molecule has 5 nitrogen and oxygen atoms in total. The molecular formula is C18H21BrN2O3S2.